The summed E-state index contributed by atoms with van der Waals surface area (Å²) in [5, 5.41) is 16.3. The highest BCUT2D eigenvalue weighted by atomic mass is 35.5. The van der Waals surface area contributed by atoms with Crippen molar-refractivity contribution in [2.45, 2.75) is 0 Å². The molecule has 4 rings (SSSR count). The van der Waals surface area contributed by atoms with Crippen molar-refractivity contribution in [1.29, 1.82) is 0 Å². The van der Waals surface area contributed by atoms with Gasteiger partial charge in [0.05, 0.1) is 17.8 Å². The minimum atomic E-state index is -0.234. The number of hydrogen-bond donors (Lipinski definition) is 3. The predicted molar refractivity (Wildman–Crippen MR) is 119 cm³/mol. The van der Waals surface area contributed by atoms with Crippen LogP contribution in [0.2, 0.25) is 5.02 Å². The molecule has 1 heterocycles. The molecule has 6 nitrogen and oxygen atoms in total. The molecule has 0 aliphatic carbocycles. The molecule has 0 saturated carbocycles. The Morgan fingerprint density at radius 1 is 0.933 bits per heavy atom. The molecule has 7 heteroatoms. The number of hydrogen-bond acceptors (Lipinski definition) is 5. The largest absolute Gasteiger partial charge is 0.395 e. The van der Waals surface area contributed by atoms with Gasteiger partial charge in [-0.3, -0.25) is 4.79 Å². The Balaban J connectivity index is 1.65. The Morgan fingerprint density at radius 3 is 2.40 bits per heavy atom. The van der Waals surface area contributed by atoms with E-state index >= 15 is 0 Å². The molecule has 0 unspecified atom stereocenters. The third-order valence-corrected chi connectivity index (χ3v) is 4.77. The van der Waals surface area contributed by atoms with Crippen molar-refractivity contribution in [2.75, 3.05) is 18.5 Å². The van der Waals surface area contributed by atoms with Crippen LogP contribution in [0.3, 0.4) is 0 Å². The molecule has 0 radical (unpaired) electrons. The molecule has 0 spiro atoms. The first-order valence-corrected chi connectivity index (χ1v) is 9.81. The molecule has 3 N–H and O–H groups in total. The van der Waals surface area contributed by atoms with E-state index in [0.29, 0.717) is 16.5 Å². The molecule has 3 aromatic carbocycles. The number of amides is 1. The zero-order valence-corrected chi connectivity index (χ0v) is 16.7. The van der Waals surface area contributed by atoms with Gasteiger partial charge in [0.1, 0.15) is 0 Å². The van der Waals surface area contributed by atoms with Crippen molar-refractivity contribution >= 4 is 40.0 Å². The Labute approximate surface area is 178 Å². The van der Waals surface area contributed by atoms with Crippen molar-refractivity contribution < 1.29 is 9.90 Å². The Bertz CT molecular complexity index is 1180. The van der Waals surface area contributed by atoms with Crippen molar-refractivity contribution in [1.82, 2.24) is 15.3 Å². The van der Waals surface area contributed by atoms with Gasteiger partial charge in [0, 0.05) is 33.8 Å². The summed E-state index contributed by atoms with van der Waals surface area (Å²) in [4.78, 5) is 21.3. The normalized spacial score (nSPS) is 10.7. The number of carbonyl (C=O) groups excluding carboxylic acids is 1. The van der Waals surface area contributed by atoms with E-state index in [4.69, 9.17) is 21.7 Å². The molecule has 4 aromatic rings. The van der Waals surface area contributed by atoms with E-state index in [1.54, 1.807) is 24.3 Å². The van der Waals surface area contributed by atoms with Crippen molar-refractivity contribution in [2.24, 2.45) is 0 Å². The van der Waals surface area contributed by atoms with Crippen LogP contribution in [-0.4, -0.2) is 34.1 Å². The summed E-state index contributed by atoms with van der Waals surface area (Å²) in [6, 6.07) is 22.3. The van der Waals surface area contributed by atoms with Gasteiger partial charge in [0.2, 0.25) is 5.95 Å². The molecule has 0 fully saturated rings. The highest BCUT2D eigenvalue weighted by molar-refractivity contribution is 6.30. The average molecular weight is 419 g/mol. The van der Waals surface area contributed by atoms with Gasteiger partial charge in [0.15, 0.2) is 0 Å². The molecular weight excluding hydrogens is 400 g/mol. The number of fused-ring (bicyclic) bond motifs is 1. The maximum Gasteiger partial charge on any atom is 0.251 e. The highest BCUT2D eigenvalue weighted by Gasteiger charge is 2.11. The quantitative estimate of drug-likeness (QED) is 0.431. The van der Waals surface area contributed by atoms with Crippen LogP contribution in [0.15, 0.2) is 72.8 Å². The second-order valence-electron chi connectivity index (χ2n) is 6.60. The number of carbonyl (C=O) groups is 1. The van der Waals surface area contributed by atoms with Crippen LogP contribution in [0.5, 0.6) is 0 Å². The molecule has 0 aliphatic heterocycles. The number of benzene rings is 3. The summed E-state index contributed by atoms with van der Waals surface area (Å²) < 4.78 is 0. The fraction of sp³-hybridized carbons (Fsp3) is 0.0870. The maximum absolute atomic E-state index is 12.0. The Hall–Kier alpha value is -3.48. The minimum Gasteiger partial charge on any atom is -0.395 e. The van der Waals surface area contributed by atoms with Crippen LogP contribution in [-0.2, 0) is 0 Å². The molecule has 1 aromatic heterocycles. The topological polar surface area (TPSA) is 87.1 Å². The van der Waals surface area contributed by atoms with Gasteiger partial charge in [-0.15, -0.1) is 0 Å². The summed E-state index contributed by atoms with van der Waals surface area (Å²) in [7, 11) is 0. The summed E-state index contributed by atoms with van der Waals surface area (Å²) in [6.07, 6.45) is 0. The SMILES string of the molecule is O=C(NCCO)c1ccc(Nc2nc(-c3ccc(Cl)cc3)c3ccccc3n2)cc1. The zero-order chi connectivity index (χ0) is 20.9. The number of para-hydroxylation sites is 1. The third kappa shape index (κ3) is 4.40. The Morgan fingerprint density at radius 2 is 1.67 bits per heavy atom. The predicted octanol–water partition coefficient (Wildman–Crippen LogP) is 4.42. The van der Waals surface area contributed by atoms with Crippen LogP contribution < -0.4 is 10.6 Å². The molecule has 150 valence electrons. The van der Waals surface area contributed by atoms with Gasteiger partial charge in [-0.25, -0.2) is 9.97 Å². The van der Waals surface area contributed by atoms with Gasteiger partial charge in [-0.1, -0.05) is 41.9 Å². The van der Waals surface area contributed by atoms with E-state index in [2.05, 4.69) is 15.6 Å². The summed E-state index contributed by atoms with van der Waals surface area (Å²) in [6.45, 7) is 0.123. The maximum atomic E-state index is 12.0. The lowest BCUT2D eigenvalue weighted by Crippen LogP contribution is -2.26. The molecular formula is C23H19ClN4O2. The first kappa shape index (κ1) is 19.8. The van der Waals surface area contributed by atoms with Crippen LogP contribution in [0.25, 0.3) is 22.2 Å². The average Bonchev–Trinajstić information content (AvgIpc) is 2.78. The second-order valence-corrected chi connectivity index (χ2v) is 7.04. The number of nitrogens with zero attached hydrogens (tertiary/aromatic N) is 2. The van der Waals surface area contributed by atoms with E-state index in [9.17, 15) is 4.79 Å². The number of rotatable bonds is 6. The number of halogens is 1. The standard InChI is InChI=1S/C23H19ClN4O2/c24-17-9-5-15(6-10-17)21-19-3-1-2-4-20(19)27-23(28-21)26-18-11-7-16(8-12-18)22(30)25-13-14-29/h1-12,29H,13-14H2,(H,25,30)(H,26,27,28). The van der Waals surface area contributed by atoms with Gasteiger partial charge in [-0.2, -0.15) is 0 Å². The fourth-order valence-electron chi connectivity index (χ4n) is 3.07. The van der Waals surface area contributed by atoms with Crippen LogP contribution in [0.1, 0.15) is 10.4 Å². The number of aliphatic hydroxyl groups is 1. The minimum absolute atomic E-state index is 0.0966. The molecule has 1 amide bonds. The van der Waals surface area contributed by atoms with Crippen molar-refractivity contribution in [3.63, 3.8) is 0 Å². The van der Waals surface area contributed by atoms with Crippen molar-refractivity contribution in [3.05, 3.63) is 83.4 Å². The van der Waals surface area contributed by atoms with Gasteiger partial charge < -0.3 is 15.7 Å². The molecule has 0 atom stereocenters. The number of anilines is 2. The molecule has 0 saturated heterocycles. The zero-order valence-electron chi connectivity index (χ0n) is 16.0. The van der Waals surface area contributed by atoms with Gasteiger partial charge in [-0.05, 0) is 42.5 Å². The molecule has 0 bridgehead atoms. The van der Waals surface area contributed by atoms with E-state index in [1.165, 1.54) is 0 Å². The lowest BCUT2D eigenvalue weighted by molar-refractivity contribution is 0.0945. The van der Waals surface area contributed by atoms with Crippen molar-refractivity contribution in [3.8, 4) is 11.3 Å². The first-order valence-electron chi connectivity index (χ1n) is 9.43. The fourth-order valence-corrected chi connectivity index (χ4v) is 3.19. The first-order chi connectivity index (χ1) is 14.6. The third-order valence-electron chi connectivity index (χ3n) is 4.52. The lowest BCUT2D eigenvalue weighted by Gasteiger charge is -2.11. The summed E-state index contributed by atoms with van der Waals surface area (Å²) in [5.41, 5.74) is 3.83. The molecule has 0 aliphatic rings. The highest BCUT2D eigenvalue weighted by Crippen LogP contribution is 2.29. The summed E-state index contributed by atoms with van der Waals surface area (Å²) >= 11 is 6.03. The lowest BCUT2D eigenvalue weighted by atomic mass is 10.1. The van der Waals surface area contributed by atoms with Crippen LogP contribution in [0.4, 0.5) is 11.6 Å². The molecule has 30 heavy (non-hydrogen) atoms. The smallest absolute Gasteiger partial charge is 0.251 e. The Kier molecular flexibility index (Phi) is 5.88. The van der Waals surface area contributed by atoms with Gasteiger partial charge >= 0.3 is 0 Å². The van der Waals surface area contributed by atoms with Gasteiger partial charge in [0.25, 0.3) is 5.91 Å². The second kappa shape index (κ2) is 8.90. The van der Waals surface area contributed by atoms with E-state index < -0.39 is 0 Å². The van der Waals surface area contributed by atoms with Crippen LogP contribution >= 0.6 is 11.6 Å². The number of nitrogens with one attached hydrogen (secondary N) is 2. The number of aliphatic hydroxyl groups excluding tert-OH is 1. The number of aromatic nitrogens is 2. The van der Waals surface area contributed by atoms with E-state index in [0.717, 1.165) is 27.8 Å². The van der Waals surface area contributed by atoms with Crippen LogP contribution in [0, 0.1) is 0 Å². The monoisotopic (exact) mass is 418 g/mol. The summed E-state index contributed by atoms with van der Waals surface area (Å²) in [5.74, 6) is 0.221. The van der Waals surface area contributed by atoms with E-state index in [1.807, 2.05) is 48.5 Å². The van der Waals surface area contributed by atoms with E-state index in [-0.39, 0.29) is 19.1 Å².